The van der Waals surface area contributed by atoms with E-state index in [1.807, 2.05) is 36.4 Å². The van der Waals surface area contributed by atoms with Gasteiger partial charge in [0.2, 0.25) is 0 Å². The van der Waals surface area contributed by atoms with Gasteiger partial charge in [0, 0.05) is 23.0 Å². The first kappa shape index (κ1) is 20.1. The van der Waals surface area contributed by atoms with Crippen LogP contribution in [0.2, 0.25) is 0 Å². The molecule has 0 saturated heterocycles. The molecule has 0 bridgehead atoms. The molecule has 1 aliphatic rings. The molecular formula is C22H27N3O2S. The van der Waals surface area contributed by atoms with Crippen LogP contribution in [0.5, 0.6) is 5.75 Å². The monoisotopic (exact) mass is 397 g/mol. The Hall–Kier alpha value is -2.60. The third kappa shape index (κ3) is 5.45. The second kappa shape index (κ2) is 9.55. The molecule has 2 atom stereocenters. The van der Waals surface area contributed by atoms with Crippen LogP contribution in [0.25, 0.3) is 0 Å². The van der Waals surface area contributed by atoms with E-state index < -0.39 is 0 Å². The molecular weight excluding hydrogens is 370 g/mol. The van der Waals surface area contributed by atoms with E-state index in [9.17, 15) is 4.79 Å². The Morgan fingerprint density at radius 3 is 2.21 bits per heavy atom. The molecule has 1 saturated carbocycles. The van der Waals surface area contributed by atoms with Gasteiger partial charge in [-0.25, -0.2) is 0 Å². The first-order valence-electron chi connectivity index (χ1n) is 9.68. The van der Waals surface area contributed by atoms with Crippen LogP contribution in [0.15, 0.2) is 48.5 Å². The summed E-state index contributed by atoms with van der Waals surface area (Å²) >= 11 is 5.45. The number of amides is 1. The average molecular weight is 398 g/mol. The van der Waals surface area contributed by atoms with Crippen molar-refractivity contribution >= 4 is 34.6 Å². The third-order valence-electron chi connectivity index (χ3n) is 5.18. The summed E-state index contributed by atoms with van der Waals surface area (Å²) in [5, 5.41) is 10.1. The Balaban J connectivity index is 1.53. The molecule has 3 N–H and O–H groups in total. The van der Waals surface area contributed by atoms with Crippen LogP contribution < -0.4 is 20.7 Å². The van der Waals surface area contributed by atoms with E-state index >= 15 is 0 Å². The number of carbonyl (C=O) groups is 1. The van der Waals surface area contributed by atoms with Gasteiger partial charge in [0.25, 0.3) is 5.91 Å². The summed E-state index contributed by atoms with van der Waals surface area (Å²) in [6.45, 7) is 2.27. The van der Waals surface area contributed by atoms with Crippen LogP contribution in [0.4, 0.5) is 11.4 Å². The van der Waals surface area contributed by atoms with Crippen molar-refractivity contribution in [2.75, 3.05) is 17.7 Å². The number of methoxy groups -OCH3 is 1. The predicted octanol–water partition coefficient (Wildman–Crippen LogP) is 4.81. The van der Waals surface area contributed by atoms with Crippen LogP contribution in [0, 0.1) is 5.92 Å². The number of carbonyl (C=O) groups excluding carboxylic acids is 1. The van der Waals surface area contributed by atoms with Gasteiger partial charge in [0.1, 0.15) is 5.75 Å². The third-order valence-corrected chi connectivity index (χ3v) is 5.40. The Morgan fingerprint density at radius 2 is 1.57 bits per heavy atom. The van der Waals surface area contributed by atoms with Crippen molar-refractivity contribution in [2.45, 2.75) is 38.6 Å². The topological polar surface area (TPSA) is 62.4 Å². The largest absolute Gasteiger partial charge is 0.497 e. The molecule has 5 nitrogen and oxygen atoms in total. The molecule has 1 fully saturated rings. The highest BCUT2D eigenvalue weighted by Crippen LogP contribution is 2.24. The van der Waals surface area contributed by atoms with Gasteiger partial charge in [-0.3, -0.25) is 4.79 Å². The standard InChI is InChI=1S/C22H27N3O2S/c1-15-5-3-4-6-20(15)25-22(28)24-18-9-7-16(8-10-18)21(26)23-17-11-13-19(27-2)14-12-17/h7-15,20H,3-6H2,1-2H3,(H,23,26)(H2,24,25,28). The van der Waals surface area contributed by atoms with Crippen LogP contribution in [-0.2, 0) is 0 Å². The molecule has 2 unspecified atom stereocenters. The van der Waals surface area contributed by atoms with E-state index in [4.69, 9.17) is 17.0 Å². The van der Waals surface area contributed by atoms with Crippen molar-refractivity contribution in [1.82, 2.24) is 5.32 Å². The van der Waals surface area contributed by atoms with Crippen molar-refractivity contribution in [3.05, 3.63) is 54.1 Å². The van der Waals surface area contributed by atoms with Crippen molar-refractivity contribution in [1.29, 1.82) is 0 Å². The zero-order chi connectivity index (χ0) is 19.9. The molecule has 28 heavy (non-hydrogen) atoms. The second-order valence-corrected chi connectivity index (χ2v) is 7.63. The Bertz CT molecular complexity index is 806. The maximum absolute atomic E-state index is 12.4. The highest BCUT2D eigenvalue weighted by atomic mass is 32.1. The predicted molar refractivity (Wildman–Crippen MR) is 118 cm³/mol. The van der Waals surface area contributed by atoms with E-state index in [1.165, 1.54) is 19.3 Å². The first-order chi connectivity index (χ1) is 13.5. The molecule has 0 spiro atoms. The fourth-order valence-corrected chi connectivity index (χ4v) is 3.72. The first-order valence-corrected chi connectivity index (χ1v) is 10.1. The smallest absolute Gasteiger partial charge is 0.255 e. The fraction of sp³-hybridized carbons (Fsp3) is 0.364. The number of hydrogen-bond acceptors (Lipinski definition) is 3. The Kier molecular flexibility index (Phi) is 6.87. The molecule has 148 valence electrons. The van der Waals surface area contributed by atoms with Gasteiger partial charge < -0.3 is 20.7 Å². The van der Waals surface area contributed by atoms with E-state index in [0.717, 1.165) is 23.5 Å². The van der Waals surface area contributed by atoms with Crippen molar-refractivity contribution in [3.8, 4) is 5.75 Å². The molecule has 6 heteroatoms. The van der Waals surface area contributed by atoms with E-state index in [1.54, 1.807) is 19.2 Å². The molecule has 1 aliphatic carbocycles. The second-order valence-electron chi connectivity index (χ2n) is 7.23. The zero-order valence-electron chi connectivity index (χ0n) is 16.3. The van der Waals surface area contributed by atoms with Gasteiger partial charge in [-0.1, -0.05) is 19.8 Å². The highest BCUT2D eigenvalue weighted by molar-refractivity contribution is 7.80. The van der Waals surface area contributed by atoms with E-state index in [0.29, 0.717) is 22.6 Å². The van der Waals surface area contributed by atoms with Crippen molar-refractivity contribution < 1.29 is 9.53 Å². The summed E-state index contributed by atoms with van der Waals surface area (Å²) in [5.74, 6) is 1.23. The van der Waals surface area contributed by atoms with Gasteiger partial charge >= 0.3 is 0 Å². The van der Waals surface area contributed by atoms with Gasteiger partial charge in [-0.05, 0) is 79.5 Å². The summed E-state index contributed by atoms with van der Waals surface area (Å²) in [5.41, 5.74) is 2.17. The minimum atomic E-state index is -0.159. The number of ether oxygens (including phenoxy) is 1. The van der Waals surface area contributed by atoms with Gasteiger partial charge in [-0.15, -0.1) is 0 Å². The summed E-state index contributed by atoms with van der Waals surface area (Å²) < 4.78 is 5.12. The molecule has 3 rings (SSSR count). The zero-order valence-corrected chi connectivity index (χ0v) is 17.1. The number of anilines is 2. The lowest BCUT2D eigenvalue weighted by molar-refractivity contribution is 0.102. The summed E-state index contributed by atoms with van der Waals surface area (Å²) in [6.07, 6.45) is 4.97. The normalized spacial score (nSPS) is 18.8. The SMILES string of the molecule is COc1ccc(NC(=O)c2ccc(NC(=S)NC3CCCCC3C)cc2)cc1. The fourth-order valence-electron chi connectivity index (χ4n) is 3.45. The number of nitrogens with one attached hydrogen (secondary N) is 3. The maximum Gasteiger partial charge on any atom is 0.255 e. The number of thiocarbonyl (C=S) groups is 1. The Labute approximate surface area is 171 Å². The number of rotatable bonds is 5. The number of benzene rings is 2. The lowest BCUT2D eigenvalue weighted by Gasteiger charge is -2.30. The van der Waals surface area contributed by atoms with Gasteiger partial charge in [0.15, 0.2) is 5.11 Å². The lowest BCUT2D eigenvalue weighted by Crippen LogP contribution is -2.43. The molecule has 0 aliphatic heterocycles. The highest BCUT2D eigenvalue weighted by Gasteiger charge is 2.21. The molecule has 0 aromatic heterocycles. The quantitative estimate of drug-likeness (QED) is 0.632. The minimum Gasteiger partial charge on any atom is -0.497 e. The molecule has 2 aromatic carbocycles. The molecule has 0 radical (unpaired) electrons. The summed E-state index contributed by atoms with van der Waals surface area (Å²) in [7, 11) is 1.61. The number of hydrogen-bond donors (Lipinski definition) is 3. The molecule has 2 aromatic rings. The summed E-state index contributed by atoms with van der Waals surface area (Å²) in [6, 6.07) is 15.0. The van der Waals surface area contributed by atoms with Gasteiger partial charge in [0.05, 0.1) is 7.11 Å². The van der Waals surface area contributed by atoms with Crippen molar-refractivity contribution in [3.63, 3.8) is 0 Å². The van der Waals surface area contributed by atoms with E-state index in [-0.39, 0.29) is 5.91 Å². The maximum atomic E-state index is 12.4. The van der Waals surface area contributed by atoms with Crippen LogP contribution in [-0.4, -0.2) is 24.2 Å². The molecule has 0 heterocycles. The van der Waals surface area contributed by atoms with Crippen LogP contribution in [0.3, 0.4) is 0 Å². The van der Waals surface area contributed by atoms with Gasteiger partial charge in [-0.2, -0.15) is 0 Å². The Morgan fingerprint density at radius 1 is 0.964 bits per heavy atom. The van der Waals surface area contributed by atoms with E-state index in [2.05, 4.69) is 22.9 Å². The van der Waals surface area contributed by atoms with Crippen LogP contribution >= 0.6 is 12.2 Å². The lowest BCUT2D eigenvalue weighted by atomic mass is 9.86. The molecule has 1 amide bonds. The summed E-state index contributed by atoms with van der Waals surface area (Å²) in [4.78, 5) is 12.4. The van der Waals surface area contributed by atoms with Crippen LogP contribution in [0.1, 0.15) is 43.0 Å². The average Bonchev–Trinajstić information content (AvgIpc) is 2.71. The van der Waals surface area contributed by atoms with Crippen molar-refractivity contribution in [2.24, 2.45) is 5.92 Å². The minimum absolute atomic E-state index is 0.159.